The van der Waals surface area contributed by atoms with Crippen LogP contribution in [0, 0.1) is 0 Å². The molecule has 2 aromatic heterocycles. The monoisotopic (exact) mass is 274 g/mol. The number of methoxy groups -OCH3 is 1. The molecule has 0 amide bonds. The summed E-state index contributed by atoms with van der Waals surface area (Å²) in [5.74, 6) is 1.85. The van der Waals surface area contributed by atoms with Crippen LogP contribution in [0.25, 0.3) is 0 Å². The fourth-order valence-electron chi connectivity index (χ4n) is 1.62. The summed E-state index contributed by atoms with van der Waals surface area (Å²) in [7, 11) is 1.57. The highest BCUT2D eigenvalue weighted by Crippen LogP contribution is 2.18. The predicted octanol–water partition coefficient (Wildman–Crippen LogP) is 2.28. The van der Waals surface area contributed by atoms with E-state index in [9.17, 15) is 0 Å². The van der Waals surface area contributed by atoms with E-state index in [0.29, 0.717) is 24.1 Å². The van der Waals surface area contributed by atoms with Crippen LogP contribution >= 0.6 is 0 Å². The maximum atomic E-state index is 5.67. The molecule has 20 heavy (non-hydrogen) atoms. The van der Waals surface area contributed by atoms with Crippen molar-refractivity contribution < 1.29 is 9.47 Å². The van der Waals surface area contributed by atoms with E-state index in [-0.39, 0.29) is 6.10 Å². The van der Waals surface area contributed by atoms with E-state index >= 15 is 0 Å². The summed E-state index contributed by atoms with van der Waals surface area (Å²) in [6.45, 7) is 4.51. The Labute approximate surface area is 118 Å². The molecule has 0 atom stereocenters. The van der Waals surface area contributed by atoms with Crippen LogP contribution in [-0.2, 0) is 6.54 Å². The highest BCUT2D eigenvalue weighted by molar-refractivity contribution is 5.39. The average Bonchev–Trinajstić information content (AvgIpc) is 2.46. The normalized spacial score (nSPS) is 10.4. The third-order valence-corrected chi connectivity index (χ3v) is 2.51. The van der Waals surface area contributed by atoms with E-state index in [4.69, 9.17) is 9.47 Å². The molecule has 2 heterocycles. The average molecular weight is 274 g/mol. The molecule has 0 aliphatic rings. The van der Waals surface area contributed by atoms with Crippen LogP contribution in [0.3, 0.4) is 0 Å². The molecule has 6 heteroatoms. The molecule has 0 fully saturated rings. The molecule has 0 unspecified atom stereocenters. The van der Waals surface area contributed by atoms with Crippen LogP contribution in [0.2, 0.25) is 0 Å². The zero-order valence-corrected chi connectivity index (χ0v) is 11.8. The lowest BCUT2D eigenvalue weighted by atomic mass is 10.2. The Balaban J connectivity index is 2.06. The van der Waals surface area contributed by atoms with Crippen LogP contribution in [-0.4, -0.2) is 28.2 Å². The first kappa shape index (κ1) is 14.0. The minimum absolute atomic E-state index is 0.0859. The second-order valence-electron chi connectivity index (χ2n) is 4.43. The minimum Gasteiger partial charge on any atom is -0.481 e. The van der Waals surface area contributed by atoms with Crippen molar-refractivity contribution in [3.8, 4) is 11.8 Å². The zero-order valence-electron chi connectivity index (χ0n) is 11.8. The van der Waals surface area contributed by atoms with Crippen LogP contribution in [0.4, 0.5) is 5.82 Å². The number of hydrogen-bond donors (Lipinski definition) is 1. The van der Waals surface area contributed by atoms with Gasteiger partial charge in [-0.1, -0.05) is 6.07 Å². The van der Waals surface area contributed by atoms with Gasteiger partial charge in [0.15, 0.2) is 0 Å². The maximum Gasteiger partial charge on any atom is 0.218 e. The molecule has 0 aliphatic carbocycles. The largest absolute Gasteiger partial charge is 0.481 e. The number of nitrogens with zero attached hydrogens (tertiary/aromatic N) is 3. The van der Waals surface area contributed by atoms with Gasteiger partial charge >= 0.3 is 0 Å². The van der Waals surface area contributed by atoms with Gasteiger partial charge in [0.1, 0.15) is 12.1 Å². The summed E-state index contributed by atoms with van der Waals surface area (Å²) < 4.78 is 10.7. The van der Waals surface area contributed by atoms with Crippen LogP contribution in [0.1, 0.15) is 19.4 Å². The van der Waals surface area contributed by atoms with E-state index in [2.05, 4.69) is 20.3 Å². The van der Waals surface area contributed by atoms with E-state index in [1.165, 1.54) is 6.33 Å². The fraction of sp³-hybridized carbons (Fsp3) is 0.357. The number of anilines is 1. The molecule has 106 valence electrons. The van der Waals surface area contributed by atoms with Gasteiger partial charge in [-0.05, 0) is 19.9 Å². The summed E-state index contributed by atoms with van der Waals surface area (Å²) in [5, 5.41) is 3.20. The molecule has 0 saturated heterocycles. The van der Waals surface area contributed by atoms with Gasteiger partial charge in [0.2, 0.25) is 11.8 Å². The first-order valence-corrected chi connectivity index (χ1v) is 6.39. The Kier molecular flexibility index (Phi) is 4.70. The Morgan fingerprint density at radius 2 is 2.10 bits per heavy atom. The SMILES string of the molecule is COc1cc(NCc2cccnc2OC(C)C)ncn1. The maximum absolute atomic E-state index is 5.67. The molecule has 2 aromatic rings. The Hall–Kier alpha value is -2.37. The van der Waals surface area contributed by atoms with E-state index in [1.807, 2.05) is 26.0 Å². The van der Waals surface area contributed by atoms with Crippen molar-refractivity contribution in [3.63, 3.8) is 0 Å². The lowest BCUT2D eigenvalue weighted by Gasteiger charge is -2.13. The summed E-state index contributed by atoms with van der Waals surface area (Å²) in [6, 6.07) is 5.58. The quantitative estimate of drug-likeness (QED) is 0.871. The van der Waals surface area contributed by atoms with Crippen molar-refractivity contribution >= 4 is 5.82 Å². The standard InChI is InChI=1S/C14H18N4O2/c1-10(2)20-14-11(5-4-6-15-14)8-16-12-7-13(19-3)18-9-17-12/h4-7,9-10H,8H2,1-3H3,(H,16,17,18). The lowest BCUT2D eigenvalue weighted by Crippen LogP contribution is -2.11. The summed E-state index contributed by atoms with van der Waals surface area (Å²) in [5.41, 5.74) is 0.971. The Morgan fingerprint density at radius 1 is 1.25 bits per heavy atom. The first-order valence-electron chi connectivity index (χ1n) is 6.39. The molecular weight excluding hydrogens is 256 g/mol. The van der Waals surface area contributed by atoms with Gasteiger partial charge in [-0.2, -0.15) is 0 Å². The van der Waals surface area contributed by atoms with E-state index in [1.54, 1.807) is 19.4 Å². The summed E-state index contributed by atoms with van der Waals surface area (Å²) in [4.78, 5) is 12.3. The lowest BCUT2D eigenvalue weighted by molar-refractivity contribution is 0.230. The number of hydrogen-bond acceptors (Lipinski definition) is 6. The number of aromatic nitrogens is 3. The Bertz CT molecular complexity index is 560. The molecule has 0 bridgehead atoms. The summed E-state index contributed by atoms with van der Waals surface area (Å²) >= 11 is 0. The minimum atomic E-state index is 0.0859. The third-order valence-electron chi connectivity index (χ3n) is 2.51. The van der Waals surface area contributed by atoms with Gasteiger partial charge in [-0.3, -0.25) is 0 Å². The molecular formula is C14H18N4O2. The van der Waals surface area contributed by atoms with Crippen LogP contribution in [0.15, 0.2) is 30.7 Å². The van der Waals surface area contributed by atoms with Crippen molar-refractivity contribution in [1.82, 2.24) is 15.0 Å². The zero-order chi connectivity index (χ0) is 14.4. The summed E-state index contributed by atoms with van der Waals surface area (Å²) in [6.07, 6.45) is 3.26. The molecule has 0 saturated carbocycles. The molecule has 0 spiro atoms. The topological polar surface area (TPSA) is 69.2 Å². The van der Waals surface area contributed by atoms with Gasteiger partial charge in [0, 0.05) is 24.4 Å². The van der Waals surface area contributed by atoms with Gasteiger partial charge in [-0.25, -0.2) is 15.0 Å². The van der Waals surface area contributed by atoms with Gasteiger partial charge in [0.05, 0.1) is 13.2 Å². The van der Waals surface area contributed by atoms with Crippen LogP contribution in [0.5, 0.6) is 11.8 Å². The number of nitrogens with one attached hydrogen (secondary N) is 1. The van der Waals surface area contributed by atoms with Crippen molar-refractivity contribution in [2.75, 3.05) is 12.4 Å². The Morgan fingerprint density at radius 3 is 2.85 bits per heavy atom. The first-order chi connectivity index (χ1) is 9.69. The molecule has 2 rings (SSSR count). The number of ether oxygens (including phenoxy) is 2. The van der Waals surface area contributed by atoms with Crippen molar-refractivity contribution in [1.29, 1.82) is 0 Å². The molecule has 6 nitrogen and oxygen atoms in total. The highest BCUT2D eigenvalue weighted by atomic mass is 16.5. The van der Waals surface area contributed by atoms with Crippen molar-refractivity contribution in [2.24, 2.45) is 0 Å². The van der Waals surface area contributed by atoms with E-state index < -0.39 is 0 Å². The molecule has 0 aliphatic heterocycles. The van der Waals surface area contributed by atoms with E-state index in [0.717, 1.165) is 5.56 Å². The van der Waals surface area contributed by atoms with Gasteiger partial charge in [0.25, 0.3) is 0 Å². The molecule has 1 N–H and O–H groups in total. The highest BCUT2D eigenvalue weighted by Gasteiger charge is 2.07. The fourth-order valence-corrected chi connectivity index (χ4v) is 1.62. The van der Waals surface area contributed by atoms with Crippen molar-refractivity contribution in [2.45, 2.75) is 26.5 Å². The van der Waals surface area contributed by atoms with Gasteiger partial charge in [-0.15, -0.1) is 0 Å². The third kappa shape index (κ3) is 3.81. The second-order valence-corrected chi connectivity index (χ2v) is 4.43. The van der Waals surface area contributed by atoms with Crippen molar-refractivity contribution in [3.05, 3.63) is 36.3 Å². The smallest absolute Gasteiger partial charge is 0.218 e. The van der Waals surface area contributed by atoms with Crippen LogP contribution < -0.4 is 14.8 Å². The number of pyridine rings is 1. The molecule has 0 radical (unpaired) electrons. The van der Waals surface area contributed by atoms with Gasteiger partial charge < -0.3 is 14.8 Å². The number of rotatable bonds is 6. The second kappa shape index (κ2) is 6.70. The predicted molar refractivity (Wildman–Crippen MR) is 75.9 cm³/mol. The molecule has 0 aromatic carbocycles.